The van der Waals surface area contributed by atoms with Crippen LogP contribution in [0, 0.1) is 6.92 Å². The maximum atomic E-state index is 12.6. The van der Waals surface area contributed by atoms with E-state index in [1.54, 1.807) is 6.07 Å². The number of nitrogens with one attached hydrogen (secondary N) is 2. The van der Waals surface area contributed by atoms with E-state index in [0.29, 0.717) is 34.9 Å². The van der Waals surface area contributed by atoms with Gasteiger partial charge in [0.05, 0.1) is 11.8 Å². The Morgan fingerprint density at radius 3 is 2.70 bits per heavy atom. The smallest absolute Gasteiger partial charge is 0.251 e. The minimum atomic E-state index is -0.295. The summed E-state index contributed by atoms with van der Waals surface area (Å²) in [6, 6.07) is 7.50. The molecule has 2 N–H and O–H groups in total. The number of nitrogens with zero attached hydrogens (tertiary/aromatic N) is 3. The van der Waals surface area contributed by atoms with Crippen molar-refractivity contribution < 1.29 is 9.59 Å². The van der Waals surface area contributed by atoms with Gasteiger partial charge < -0.3 is 15.2 Å². The first kappa shape index (κ1) is 22.3. The molecule has 1 unspecified atom stereocenters. The Balaban J connectivity index is 1.58. The lowest BCUT2D eigenvalue weighted by Crippen LogP contribution is -2.37. The number of carbonyl (C=O) groups excluding carboxylic acids is 2. The van der Waals surface area contributed by atoms with Gasteiger partial charge in [-0.1, -0.05) is 48.7 Å². The number of rotatable bonds is 8. The number of aromatic nitrogens is 3. The number of hydrogen-bond donors (Lipinski definition) is 2. The zero-order valence-corrected chi connectivity index (χ0v) is 18.8. The summed E-state index contributed by atoms with van der Waals surface area (Å²) in [5, 5.41) is 15.4. The molecule has 1 atom stereocenters. The number of hydrogen-bond acceptors (Lipinski definition) is 5. The molecule has 2 amide bonds. The highest BCUT2D eigenvalue weighted by molar-refractivity contribution is 7.99. The van der Waals surface area contributed by atoms with Crippen molar-refractivity contribution in [1.82, 2.24) is 25.4 Å². The van der Waals surface area contributed by atoms with E-state index in [0.717, 1.165) is 18.4 Å². The third-order valence-corrected chi connectivity index (χ3v) is 6.35. The molecule has 0 radical (unpaired) electrons. The third kappa shape index (κ3) is 5.84. The summed E-state index contributed by atoms with van der Waals surface area (Å²) < 4.78 is 1.96. The molecular weight excluding hydrogens is 398 g/mol. The maximum Gasteiger partial charge on any atom is 0.251 e. The van der Waals surface area contributed by atoms with Crippen LogP contribution < -0.4 is 10.6 Å². The Kier molecular flexibility index (Phi) is 7.90. The Morgan fingerprint density at radius 1 is 1.23 bits per heavy atom. The van der Waals surface area contributed by atoms with E-state index in [1.165, 1.54) is 31.0 Å². The predicted molar refractivity (Wildman–Crippen MR) is 118 cm³/mol. The number of carbonyl (C=O) groups is 2. The molecule has 0 saturated heterocycles. The van der Waals surface area contributed by atoms with Crippen LogP contribution in [0.2, 0.25) is 0 Å². The van der Waals surface area contributed by atoms with E-state index < -0.39 is 0 Å². The van der Waals surface area contributed by atoms with Gasteiger partial charge in [-0.3, -0.25) is 9.59 Å². The van der Waals surface area contributed by atoms with E-state index in [2.05, 4.69) is 20.8 Å². The highest BCUT2D eigenvalue weighted by atomic mass is 32.2. The fraction of sp³-hybridized carbons (Fsp3) is 0.545. The molecule has 7 nitrogen and oxygen atoms in total. The molecule has 1 saturated carbocycles. The first-order valence-corrected chi connectivity index (χ1v) is 11.7. The largest absolute Gasteiger partial charge is 0.353 e. The molecule has 0 bridgehead atoms. The molecule has 1 aliphatic rings. The van der Waals surface area contributed by atoms with Gasteiger partial charge in [0.15, 0.2) is 11.0 Å². The molecule has 8 heteroatoms. The maximum absolute atomic E-state index is 12.6. The summed E-state index contributed by atoms with van der Waals surface area (Å²) in [5.74, 6) is 0.907. The summed E-state index contributed by atoms with van der Waals surface area (Å²) in [5.41, 5.74) is 1.66. The fourth-order valence-corrected chi connectivity index (χ4v) is 4.62. The van der Waals surface area contributed by atoms with Gasteiger partial charge in [-0.15, -0.1) is 10.2 Å². The molecule has 1 aromatic carbocycles. The van der Waals surface area contributed by atoms with E-state index in [1.807, 2.05) is 43.5 Å². The molecule has 1 aliphatic carbocycles. The summed E-state index contributed by atoms with van der Waals surface area (Å²) in [4.78, 5) is 24.9. The highest BCUT2D eigenvalue weighted by Crippen LogP contribution is 2.22. The molecule has 1 aromatic heterocycles. The molecule has 0 aliphatic heterocycles. The molecule has 2 aromatic rings. The molecule has 162 valence electrons. The molecular formula is C22H31N5O2S. The van der Waals surface area contributed by atoms with Crippen molar-refractivity contribution in [1.29, 1.82) is 0 Å². The summed E-state index contributed by atoms with van der Waals surface area (Å²) in [7, 11) is 0. The molecule has 0 spiro atoms. The zero-order chi connectivity index (χ0) is 21.5. The molecule has 30 heavy (non-hydrogen) atoms. The van der Waals surface area contributed by atoms with Gasteiger partial charge in [0, 0.05) is 18.2 Å². The number of aryl methyl sites for hydroxylation is 1. The monoisotopic (exact) mass is 429 g/mol. The minimum Gasteiger partial charge on any atom is -0.353 e. The van der Waals surface area contributed by atoms with Crippen LogP contribution in [-0.4, -0.2) is 38.4 Å². The lowest BCUT2D eigenvalue weighted by atomic mass is 9.95. The van der Waals surface area contributed by atoms with Crippen molar-refractivity contribution >= 4 is 23.6 Å². The van der Waals surface area contributed by atoms with Crippen LogP contribution in [0.15, 0.2) is 29.4 Å². The van der Waals surface area contributed by atoms with Crippen LogP contribution in [0.5, 0.6) is 0 Å². The average molecular weight is 430 g/mol. The van der Waals surface area contributed by atoms with Gasteiger partial charge in [-0.2, -0.15) is 0 Å². The lowest BCUT2D eigenvalue weighted by molar-refractivity contribution is -0.119. The van der Waals surface area contributed by atoms with Crippen molar-refractivity contribution in [2.24, 2.45) is 0 Å². The summed E-state index contributed by atoms with van der Waals surface area (Å²) >= 11 is 1.39. The lowest BCUT2D eigenvalue weighted by Gasteiger charge is -2.22. The minimum absolute atomic E-state index is 0.0416. The van der Waals surface area contributed by atoms with Crippen molar-refractivity contribution in [3.63, 3.8) is 0 Å². The first-order valence-electron chi connectivity index (χ1n) is 10.7. The second-order valence-corrected chi connectivity index (χ2v) is 8.78. The van der Waals surface area contributed by atoms with Crippen LogP contribution in [-0.2, 0) is 11.3 Å². The Morgan fingerprint density at radius 2 is 2.00 bits per heavy atom. The summed E-state index contributed by atoms with van der Waals surface area (Å²) in [6.45, 7) is 6.53. The fourth-order valence-electron chi connectivity index (χ4n) is 3.80. The van der Waals surface area contributed by atoms with Gasteiger partial charge in [0.2, 0.25) is 5.91 Å². The third-order valence-electron chi connectivity index (χ3n) is 5.38. The SMILES string of the molecule is CCn1c(SCC(=O)NC2CCCCC2)nnc1C(C)NC(=O)c1cccc(C)c1. The molecule has 3 rings (SSSR count). The van der Waals surface area contributed by atoms with Gasteiger partial charge >= 0.3 is 0 Å². The average Bonchev–Trinajstić information content (AvgIpc) is 3.16. The topological polar surface area (TPSA) is 88.9 Å². The van der Waals surface area contributed by atoms with Gasteiger partial charge in [-0.05, 0) is 45.7 Å². The van der Waals surface area contributed by atoms with Crippen LogP contribution >= 0.6 is 11.8 Å². The predicted octanol–water partition coefficient (Wildman–Crippen LogP) is 3.64. The van der Waals surface area contributed by atoms with Crippen molar-refractivity contribution in [2.45, 2.75) is 76.7 Å². The van der Waals surface area contributed by atoms with E-state index in [4.69, 9.17) is 0 Å². The highest BCUT2D eigenvalue weighted by Gasteiger charge is 2.21. The second-order valence-electron chi connectivity index (χ2n) is 7.84. The Labute approximate surface area is 182 Å². The Hall–Kier alpha value is -2.35. The summed E-state index contributed by atoms with van der Waals surface area (Å²) in [6.07, 6.45) is 5.80. The van der Waals surface area contributed by atoms with E-state index >= 15 is 0 Å². The van der Waals surface area contributed by atoms with Crippen LogP contribution in [0.4, 0.5) is 0 Å². The van der Waals surface area contributed by atoms with E-state index in [9.17, 15) is 9.59 Å². The van der Waals surface area contributed by atoms with Crippen molar-refractivity contribution in [3.05, 3.63) is 41.2 Å². The molecule has 1 heterocycles. The van der Waals surface area contributed by atoms with Crippen molar-refractivity contribution in [3.8, 4) is 0 Å². The van der Waals surface area contributed by atoms with Crippen LogP contribution in [0.3, 0.4) is 0 Å². The molecule has 1 fully saturated rings. The van der Waals surface area contributed by atoms with Gasteiger partial charge in [0.1, 0.15) is 0 Å². The first-order chi connectivity index (χ1) is 14.5. The Bertz CT molecular complexity index is 876. The van der Waals surface area contributed by atoms with Crippen LogP contribution in [0.25, 0.3) is 0 Å². The van der Waals surface area contributed by atoms with Crippen molar-refractivity contribution in [2.75, 3.05) is 5.75 Å². The van der Waals surface area contributed by atoms with Crippen LogP contribution in [0.1, 0.15) is 73.7 Å². The number of amides is 2. The van der Waals surface area contributed by atoms with E-state index in [-0.39, 0.29) is 17.9 Å². The van der Waals surface area contributed by atoms with Gasteiger partial charge in [-0.25, -0.2) is 0 Å². The number of thioether (sulfide) groups is 1. The normalized spacial score (nSPS) is 15.6. The standard InChI is InChI=1S/C22H31N5O2S/c1-4-27-20(16(3)23-21(29)17-10-8-9-15(2)13-17)25-26-22(27)30-14-19(28)24-18-11-6-5-7-12-18/h8-10,13,16,18H,4-7,11-12,14H2,1-3H3,(H,23,29)(H,24,28). The van der Waals surface area contributed by atoms with Gasteiger partial charge in [0.25, 0.3) is 5.91 Å². The quantitative estimate of drug-likeness (QED) is 0.626. The zero-order valence-electron chi connectivity index (χ0n) is 18.0. The number of benzene rings is 1. The second kappa shape index (κ2) is 10.6.